The molecule has 424 valence electrons. The molecule has 0 bridgehead atoms. The Hall–Kier alpha value is -2.41. The number of aliphatic hydroxyl groups excluding tert-OH is 1. The van der Waals surface area contributed by atoms with Crippen LogP contribution in [0.25, 0.3) is 0 Å². The summed E-state index contributed by atoms with van der Waals surface area (Å²) >= 11 is 10.8. The molecule has 73 heavy (non-hydrogen) atoms. The molecule has 0 aliphatic heterocycles. The first kappa shape index (κ1) is 70.6. The molecule has 0 saturated heterocycles. The van der Waals surface area contributed by atoms with Gasteiger partial charge in [-0.3, -0.25) is 24.0 Å². The Labute approximate surface area is 461 Å². The van der Waals surface area contributed by atoms with Crippen LogP contribution < -0.4 is 0 Å². The summed E-state index contributed by atoms with van der Waals surface area (Å²) in [6, 6.07) is 0. The summed E-state index contributed by atoms with van der Waals surface area (Å²) < 4.78 is 21.0. The lowest BCUT2D eigenvalue weighted by Gasteiger charge is -2.30. The summed E-state index contributed by atoms with van der Waals surface area (Å²) in [4.78, 5) is 38.4. The number of esters is 3. The molecule has 1 rings (SSSR count). The summed E-state index contributed by atoms with van der Waals surface area (Å²) in [5.74, 6) is -1.03. The average Bonchev–Trinajstić information content (AvgIpc) is 3.78. The number of aliphatic hydroxyl groups is 1. The zero-order valence-electron chi connectivity index (χ0n) is 47.1. The minimum absolute atomic E-state index is 0.172. The lowest BCUT2D eigenvalue weighted by atomic mass is 9.92. The van der Waals surface area contributed by atoms with E-state index in [1.807, 2.05) is 0 Å². The molecule has 12 heteroatoms. The van der Waals surface area contributed by atoms with Gasteiger partial charge in [0.15, 0.2) is 0 Å². The first-order chi connectivity index (χ1) is 35.7. The van der Waals surface area contributed by atoms with Gasteiger partial charge in [0.25, 0.3) is 0 Å². The van der Waals surface area contributed by atoms with Crippen molar-refractivity contribution >= 4 is 53.9 Å². The van der Waals surface area contributed by atoms with Gasteiger partial charge in [-0.05, 0) is 108 Å². The van der Waals surface area contributed by atoms with Gasteiger partial charge in [0.1, 0.15) is 28.3 Å². The molecule has 0 saturated carbocycles. The second kappa shape index (κ2) is 55.8. The molecule has 1 heterocycles. The molecule has 0 fully saturated rings. The fourth-order valence-electron chi connectivity index (χ4n) is 8.42. The van der Waals surface area contributed by atoms with Gasteiger partial charge >= 0.3 is 17.9 Å². The first-order valence-electron chi connectivity index (χ1n) is 30.0. The van der Waals surface area contributed by atoms with Crippen LogP contribution in [-0.2, 0) is 28.6 Å². The van der Waals surface area contributed by atoms with Crippen LogP contribution in [0.5, 0.6) is 0 Å². The molecule has 9 nitrogen and oxygen atoms in total. The van der Waals surface area contributed by atoms with Crippen LogP contribution in [0.4, 0.5) is 0 Å². The number of carbonyl (C=O) groups excluding carboxylic acids is 3. The highest BCUT2D eigenvalue weighted by Crippen LogP contribution is 2.22. The Morgan fingerprint density at radius 1 is 0.425 bits per heavy atom. The maximum Gasteiger partial charge on any atom is 0.305 e. The first-order valence-corrected chi connectivity index (χ1v) is 31.7. The second-order valence-corrected chi connectivity index (χ2v) is 22.5. The lowest BCUT2D eigenvalue weighted by Crippen LogP contribution is -2.42. The number of ether oxygens (including phenoxy) is 3. The molecule has 3 N–H and O–H groups in total. The Balaban J connectivity index is 0.00000676. The third kappa shape index (κ3) is 50.2. The van der Waals surface area contributed by atoms with Crippen LogP contribution in [-0.4, -0.2) is 59.0 Å². The molecule has 0 aliphatic carbocycles. The fraction of sp³-hybridized carbons (Fsp3) is 0.820. The number of rotatable bonds is 52. The summed E-state index contributed by atoms with van der Waals surface area (Å²) in [5.41, 5.74) is -1.20. The predicted molar refractivity (Wildman–Crippen MR) is 315 cm³/mol. The largest absolute Gasteiger partial charge is 0.465 e. The number of unbranched alkanes of at least 4 members (excludes halogenated alkanes) is 33. The SMILES string of the molecule is CCCCCCCCC=CCCCCCCCC(=O)OCC(CO)(COC(=O)CCCCCCCC=CCCCCCCCC)COC(=O)CCCCCCCC=CCCCCCCCC.S=c1[nH][nH]sc1=S. The maximum atomic E-state index is 12.8. The molecule has 0 aliphatic rings. The summed E-state index contributed by atoms with van der Waals surface area (Å²) in [6.45, 7) is 5.82. The van der Waals surface area contributed by atoms with Crippen molar-refractivity contribution in [3.63, 3.8) is 0 Å². The maximum absolute atomic E-state index is 12.8. The number of aromatic nitrogens is 2. The van der Waals surface area contributed by atoms with Gasteiger partial charge in [0.05, 0.1) is 12.0 Å². The van der Waals surface area contributed by atoms with Gasteiger partial charge in [-0.25, -0.2) is 0 Å². The van der Waals surface area contributed by atoms with Crippen molar-refractivity contribution in [2.75, 3.05) is 26.4 Å². The highest BCUT2D eigenvalue weighted by molar-refractivity contribution is 7.75. The number of H-pyrrole nitrogens is 2. The average molecular weight is 1080 g/mol. The number of hydrogen-bond donors (Lipinski definition) is 3. The van der Waals surface area contributed by atoms with E-state index in [-0.39, 0.29) is 37.7 Å². The van der Waals surface area contributed by atoms with E-state index < -0.39 is 12.0 Å². The molecule has 1 aromatic heterocycles. The van der Waals surface area contributed by atoms with Gasteiger partial charge in [0, 0.05) is 19.3 Å². The monoisotopic (exact) mass is 1080 g/mol. The fourth-order valence-corrected chi connectivity index (χ4v) is 9.22. The van der Waals surface area contributed by atoms with Crippen molar-refractivity contribution in [2.45, 2.75) is 290 Å². The van der Waals surface area contributed by atoms with E-state index in [2.05, 4.69) is 66.8 Å². The quantitative estimate of drug-likeness (QED) is 0.0192. The molecule has 0 radical (unpaired) electrons. The summed E-state index contributed by atoms with van der Waals surface area (Å²) in [5, 5.41) is 13.3. The van der Waals surface area contributed by atoms with Gasteiger partial charge in [0.2, 0.25) is 0 Å². The highest BCUT2D eigenvalue weighted by atomic mass is 32.2. The van der Waals surface area contributed by atoms with Crippen LogP contribution in [0.3, 0.4) is 0 Å². The van der Waals surface area contributed by atoms with E-state index in [1.165, 1.54) is 166 Å². The zero-order chi connectivity index (χ0) is 53.4. The zero-order valence-corrected chi connectivity index (χ0v) is 49.6. The van der Waals surface area contributed by atoms with Crippen LogP contribution in [0, 0.1) is 13.9 Å². The van der Waals surface area contributed by atoms with Gasteiger partial charge in [-0.15, -0.1) is 0 Å². The van der Waals surface area contributed by atoms with E-state index in [1.54, 1.807) is 0 Å². The number of aromatic amines is 2. The van der Waals surface area contributed by atoms with E-state index in [4.69, 9.17) is 38.6 Å². The van der Waals surface area contributed by atoms with Gasteiger partial charge in [-0.2, -0.15) is 0 Å². The Morgan fingerprint density at radius 2 is 0.671 bits per heavy atom. The number of allylic oxidation sites excluding steroid dienone is 6. The molecule has 1 aromatic rings. The normalized spacial score (nSPS) is 12.4. The van der Waals surface area contributed by atoms with Crippen molar-refractivity contribution < 1.29 is 33.7 Å². The van der Waals surface area contributed by atoms with E-state index >= 15 is 0 Å². The van der Waals surface area contributed by atoms with E-state index in [0.717, 1.165) is 100 Å². The molecule has 0 aromatic carbocycles. The van der Waals surface area contributed by atoms with Crippen LogP contribution in [0.15, 0.2) is 36.5 Å². The topological polar surface area (TPSA) is 131 Å². The minimum Gasteiger partial charge on any atom is -0.465 e. The number of carbonyl (C=O) groups is 3. The smallest absolute Gasteiger partial charge is 0.305 e. The third-order valence-electron chi connectivity index (χ3n) is 13.4. The number of nitrogens with one attached hydrogen (secondary N) is 2. The number of hydrogen-bond acceptors (Lipinski definition) is 10. The predicted octanol–water partition coefficient (Wildman–Crippen LogP) is 19.6. The second-order valence-electron chi connectivity index (χ2n) is 20.6. The molecule has 0 spiro atoms. The van der Waals surface area contributed by atoms with Crippen molar-refractivity contribution in [2.24, 2.45) is 5.41 Å². The van der Waals surface area contributed by atoms with Crippen LogP contribution in [0.1, 0.15) is 290 Å². The lowest BCUT2D eigenvalue weighted by molar-refractivity contribution is -0.165. The van der Waals surface area contributed by atoms with Crippen molar-refractivity contribution in [3.05, 3.63) is 44.9 Å². The molecule has 0 atom stereocenters. The Morgan fingerprint density at radius 3 is 0.877 bits per heavy atom. The van der Waals surface area contributed by atoms with Crippen molar-refractivity contribution in [3.8, 4) is 0 Å². The van der Waals surface area contributed by atoms with Crippen LogP contribution in [0.2, 0.25) is 0 Å². The van der Waals surface area contributed by atoms with Gasteiger partial charge < -0.3 is 19.3 Å². The van der Waals surface area contributed by atoms with Crippen molar-refractivity contribution in [1.82, 2.24) is 9.59 Å². The molecule has 0 unspecified atom stereocenters. The Bertz CT molecular complexity index is 1420. The third-order valence-corrected chi connectivity index (χ3v) is 15.0. The summed E-state index contributed by atoms with van der Waals surface area (Å²) in [7, 11) is 0. The molecular weight excluding hydrogens is 969 g/mol. The highest BCUT2D eigenvalue weighted by Gasteiger charge is 2.35. The molecular formula is C61H110N2O7S3. The van der Waals surface area contributed by atoms with E-state index in [0.29, 0.717) is 23.9 Å². The van der Waals surface area contributed by atoms with E-state index in [9.17, 15) is 19.5 Å². The minimum atomic E-state index is -1.20. The summed E-state index contributed by atoms with van der Waals surface area (Å²) in [6.07, 6.45) is 61.1. The Kier molecular flexibility index (Phi) is 54.0. The van der Waals surface area contributed by atoms with Crippen molar-refractivity contribution in [1.29, 1.82) is 0 Å². The molecule has 0 amide bonds. The van der Waals surface area contributed by atoms with Gasteiger partial charge in [-0.1, -0.05) is 236 Å². The standard InChI is InChI=1S/C59H108O7.C2H2N2S3/c1-4-7-10-13-16-19-22-25-28-31-34-37-40-43-46-49-56(61)64-53-59(52-60,54-65-57(62)50-47-44-41-38-35-32-29-26-23-20-17-14-11-8-5-2)55-66-58(63)51-48-45-42-39-36-33-30-27-24-21-18-15-12-9-6-3;5-1-2(6)7-4-3-1/h25-30,60H,4-24,31-55H2,1-3H3;4H,(H,3,5). The van der Waals surface area contributed by atoms with Crippen LogP contribution >= 0.6 is 36.0 Å².